The van der Waals surface area contributed by atoms with E-state index in [1.165, 1.54) is 7.11 Å². The number of rotatable bonds is 3. The van der Waals surface area contributed by atoms with Crippen molar-refractivity contribution in [3.63, 3.8) is 0 Å². The monoisotopic (exact) mass is 277 g/mol. The first-order valence-electron chi connectivity index (χ1n) is 7.15. The van der Waals surface area contributed by atoms with E-state index >= 15 is 0 Å². The summed E-state index contributed by atoms with van der Waals surface area (Å²) in [6.07, 6.45) is 2.99. The van der Waals surface area contributed by atoms with Gasteiger partial charge in [0.25, 0.3) is 0 Å². The van der Waals surface area contributed by atoms with Gasteiger partial charge < -0.3 is 15.2 Å². The molecule has 2 N–H and O–H groups in total. The minimum atomic E-state index is -0.325. The fourth-order valence-corrected chi connectivity index (χ4v) is 2.70. The molecule has 0 spiro atoms. The maximum Gasteiger partial charge on any atom is 0.342 e. The average molecular weight is 277 g/mol. The number of nitrogens with two attached hydrogens (primary N) is 1. The van der Waals surface area contributed by atoms with Gasteiger partial charge in [-0.25, -0.2) is 4.79 Å². The fourth-order valence-electron chi connectivity index (χ4n) is 2.70. The van der Waals surface area contributed by atoms with E-state index in [9.17, 15) is 4.79 Å². The molecule has 0 aliphatic heterocycles. The molecule has 1 aromatic rings. The second-order valence-corrected chi connectivity index (χ2v) is 5.75. The Morgan fingerprint density at radius 3 is 2.65 bits per heavy atom. The van der Waals surface area contributed by atoms with Crippen molar-refractivity contribution in [1.29, 1.82) is 0 Å². The molecule has 0 radical (unpaired) electrons. The van der Waals surface area contributed by atoms with E-state index in [0.717, 1.165) is 19.3 Å². The third-order valence-electron chi connectivity index (χ3n) is 4.27. The Bertz CT molecular complexity index is 487. The first-order chi connectivity index (χ1) is 9.51. The van der Waals surface area contributed by atoms with Gasteiger partial charge in [0.15, 0.2) is 0 Å². The molecule has 1 aliphatic rings. The second-order valence-electron chi connectivity index (χ2n) is 5.75. The fraction of sp³-hybridized carbons (Fsp3) is 0.562. The number of ether oxygens (including phenoxy) is 2. The smallest absolute Gasteiger partial charge is 0.342 e. The minimum Gasteiger partial charge on any atom is -0.496 e. The van der Waals surface area contributed by atoms with Crippen molar-refractivity contribution in [3.05, 3.63) is 23.8 Å². The summed E-state index contributed by atoms with van der Waals surface area (Å²) < 4.78 is 10.8. The lowest BCUT2D eigenvalue weighted by Gasteiger charge is -2.31. The number of methoxy groups -OCH3 is 1. The highest BCUT2D eigenvalue weighted by Gasteiger charge is 2.28. The highest BCUT2D eigenvalue weighted by atomic mass is 16.5. The second kappa shape index (κ2) is 6.16. The van der Waals surface area contributed by atoms with Crippen molar-refractivity contribution in [2.75, 3.05) is 12.8 Å². The SMILES string of the molecule is COc1cc(N)ccc1C(=O)OC1CCC(C)C(C)C1. The van der Waals surface area contributed by atoms with Crippen molar-refractivity contribution in [3.8, 4) is 5.75 Å². The van der Waals surface area contributed by atoms with Gasteiger partial charge in [-0.1, -0.05) is 13.8 Å². The summed E-state index contributed by atoms with van der Waals surface area (Å²) in [7, 11) is 1.52. The molecule has 1 saturated carbocycles. The number of hydrogen-bond acceptors (Lipinski definition) is 4. The van der Waals surface area contributed by atoms with E-state index in [1.54, 1.807) is 18.2 Å². The van der Waals surface area contributed by atoms with E-state index in [4.69, 9.17) is 15.2 Å². The number of carbonyl (C=O) groups is 1. The first kappa shape index (κ1) is 14.7. The van der Waals surface area contributed by atoms with Crippen LogP contribution in [0.3, 0.4) is 0 Å². The summed E-state index contributed by atoms with van der Waals surface area (Å²) in [5.74, 6) is 1.44. The molecule has 3 unspecified atom stereocenters. The third-order valence-corrected chi connectivity index (χ3v) is 4.27. The summed E-state index contributed by atoms with van der Waals surface area (Å²) in [5.41, 5.74) is 6.69. The summed E-state index contributed by atoms with van der Waals surface area (Å²) in [6, 6.07) is 4.98. The van der Waals surface area contributed by atoms with Gasteiger partial charge in [-0.05, 0) is 43.2 Å². The molecule has 0 aromatic heterocycles. The first-order valence-corrected chi connectivity index (χ1v) is 7.15. The van der Waals surface area contributed by atoms with E-state index < -0.39 is 0 Å². The van der Waals surface area contributed by atoms with Gasteiger partial charge in [-0.2, -0.15) is 0 Å². The molecule has 0 bridgehead atoms. The zero-order valence-electron chi connectivity index (χ0n) is 12.4. The lowest BCUT2D eigenvalue weighted by atomic mass is 9.80. The lowest BCUT2D eigenvalue weighted by Crippen LogP contribution is -2.28. The number of esters is 1. The van der Waals surface area contributed by atoms with Crippen LogP contribution in [-0.4, -0.2) is 19.2 Å². The Morgan fingerprint density at radius 1 is 1.25 bits per heavy atom. The van der Waals surface area contributed by atoms with Gasteiger partial charge in [0.1, 0.15) is 17.4 Å². The molecule has 110 valence electrons. The quantitative estimate of drug-likeness (QED) is 0.680. The van der Waals surface area contributed by atoms with Crippen molar-refractivity contribution >= 4 is 11.7 Å². The van der Waals surface area contributed by atoms with Crippen LogP contribution in [0, 0.1) is 11.8 Å². The molecule has 1 fully saturated rings. The summed E-state index contributed by atoms with van der Waals surface area (Å²) in [6.45, 7) is 4.47. The molecule has 2 rings (SSSR count). The predicted octanol–water partition coefficient (Wildman–Crippen LogP) is 3.26. The molecule has 0 saturated heterocycles. The van der Waals surface area contributed by atoms with Crippen molar-refractivity contribution in [2.24, 2.45) is 11.8 Å². The number of benzene rings is 1. The maximum absolute atomic E-state index is 12.2. The van der Waals surface area contributed by atoms with E-state index in [0.29, 0.717) is 28.8 Å². The van der Waals surface area contributed by atoms with Crippen LogP contribution >= 0.6 is 0 Å². The van der Waals surface area contributed by atoms with Gasteiger partial charge >= 0.3 is 5.97 Å². The standard InChI is InChI=1S/C16H23NO3/c1-10-4-6-13(8-11(10)2)20-16(18)14-7-5-12(17)9-15(14)19-3/h5,7,9-11,13H,4,6,8,17H2,1-3H3. The number of nitrogen functional groups attached to an aromatic ring is 1. The van der Waals surface area contributed by atoms with Crippen LogP contribution in [0.2, 0.25) is 0 Å². The summed E-state index contributed by atoms with van der Waals surface area (Å²) in [4.78, 5) is 12.2. The summed E-state index contributed by atoms with van der Waals surface area (Å²) >= 11 is 0. The van der Waals surface area contributed by atoms with Gasteiger partial charge in [-0.3, -0.25) is 0 Å². The number of hydrogen-bond donors (Lipinski definition) is 1. The molecule has 20 heavy (non-hydrogen) atoms. The molecule has 1 aromatic carbocycles. The van der Waals surface area contributed by atoms with Crippen molar-refractivity contribution < 1.29 is 14.3 Å². The molecule has 0 heterocycles. The molecular weight excluding hydrogens is 254 g/mol. The predicted molar refractivity (Wildman–Crippen MR) is 78.8 cm³/mol. The number of carbonyl (C=O) groups excluding carboxylic acids is 1. The van der Waals surface area contributed by atoms with Crippen LogP contribution in [0.5, 0.6) is 5.75 Å². The highest BCUT2D eigenvalue weighted by molar-refractivity contribution is 5.93. The minimum absolute atomic E-state index is 0.0101. The normalized spacial score (nSPS) is 26.1. The Morgan fingerprint density at radius 2 is 2.00 bits per heavy atom. The van der Waals surface area contributed by atoms with Gasteiger partial charge in [0.05, 0.1) is 7.11 Å². The van der Waals surface area contributed by atoms with Crippen LogP contribution in [0.4, 0.5) is 5.69 Å². The largest absolute Gasteiger partial charge is 0.496 e. The van der Waals surface area contributed by atoms with Gasteiger partial charge in [0.2, 0.25) is 0 Å². The average Bonchev–Trinajstić information content (AvgIpc) is 2.42. The number of anilines is 1. The Labute approximate surface area is 120 Å². The molecule has 3 atom stereocenters. The highest BCUT2D eigenvalue weighted by Crippen LogP contribution is 2.32. The Balaban J connectivity index is 2.05. The topological polar surface area (TPSA) is 61.5 Å². The molecular formula is C16H23NO3. The molecule has 1 aliphatic carbocycles. The van der Waals surface area contributed by atoms with Crippen molar-refractivity contribution in [1.82, 2.24) is 0 Å². The van der Waals surface area contributed by atoms with Crippen LogP contribution in [0.25, 0.3) is 0 Å². The van der Waals surface area contributed by atoms with Crippen LogP contribution in [-0.2, 0) is 4.74 Å². The van der Waals surface area contributed by atoms with Crippen LogP contribution < -0.4 is 10.5 Å². The molecule has 0 amide bonds. The van der Waals surface area contributed by atoms with E-state index in [1.807, 2.05) is 0 Å². The van der Waals surface area contributed by atoms with Crippen LogP contribution in [0.1, 0.15) is 43.5 Å². The Kier molecular flexibility index (Phi) is 4.53. The van der Waals surface area contributed by atoms with Crippen molar-refractivity contribution in [2.45, 2.75) is 39.2 Å². The lowest BCUT2D eigenvalue weighted by molar-refractivity contribution is 0.00851. The third kappa shape index (κ3) is 3.24. The summed E-state index contributed by atoms with van der Waals surface area (Å²) in [5, 5.41) is 0. The molecule has 4 nitrogen and oxygen atoms in total. The zero-order chi connectivity index (χ0) is 14.7. The Hall–Kier alpha value is -1.71. The molecule has 4 heteroatoms. The zero-order valence-corrected chi connectivity index (χ0v) is 12.4. The maximum atomic E-state index is 12.2. The van der Waals surface area contributed by atoms with E-state index in [2.05, 4.69) is 13.8 Å². The van der Waals surface area contributed by atoms with E-state index in [-0.39, 0.29) is 12.1 Å². The van der Waals surface area contributed by atoms with Crippen LogP contribution in [0.15, 0.2) is 18.2 Å². The van der Waals surface area contributed by atoms with Gasteiger partial charge in [0, 0.05) is 11.8 Å². The van der Waals surface area contributed by atoms with Gasteiger partial charge in [-0.15, -0.1) is 0 Å².